The Morgan fingerprint density at radius 1 is 1.55 bits per heavy atom. The van der Waals surface area contributed by atoms with Crippen molar-refractivity contribution < 1.29 is 5.73 Å². The first-order valence-electron chi connectivity index (χ1n) is 3.66. The van der Waals surface area contributed by atoms with Gasteiger partial charge in [0.15, 0.2) is 0 Å². The first kappa shape index (κ1) is 8.01. The molecule has 0 aliphatic heterocycles. The van der Waals surface area contributed by atoms with E-state index in [9.17, 15) is 0 Å². The highest BCUT2D eigenvalue weighted by Crippen LogP contribution is 2.16. The van der Waals surface area contributed by atoms with Crippen LogP contribution in [0.15, 0.2) is 6.20 Å². The van der Waals surface area contributed by atoms with Crippen molar-refractivity contribution in [3.05, 3.63) is 23.0 Å². The maximum atomic E-state index is 5.77. The second kappa shape index (κ2) is 2.88. The number of aryl methyl sites for hydroxylation is 1. The highest BCUT2D eigenvalue weighted by atomic mass is 14.7. The molecule has 0 aliphatic rings. The summed E-state index contributed by atoms with van der Waals surface area (Å²) in [6, 6.07) is 0. The van der Waals surface area contributed by atoms with Gasteiger partial charge in [0.25, 0.3) is 0 Å². The van der Waals surface area contributed by atoms with Crippen LogP contribution >= 0.6 is 0 Å². The number of nitrogen functional groups attached to an aromatic ring is 1. The minimum Gasteiger partial charge on any atom is -0.397 e. The summed E-state index contributed by atoms with van der Waals surface area (Å²) in [5, 5.41) is 0. The maximum absolute atomic E-state index is 5.77. The summed E-state index contributed by atoms with van der Waals surface area (Å²) in [6.07, 6.45) is 1.84. The number of nitrogens with zero attached hydrogens (tertiary/aromatic N) is 1. The molecule has 0 radical (unpaired) electrons. The average Bonchev–Trinajstić information content (AvgIpc) is 2.01. The molecule has 0 aromatic carbocycles. The van der Waals surface area contributed by atoms with Crippen LogP contribution in [0.2, 0.25) is 0 Å². The highest BCUT2D eigenvalue weighted by Gasteiger charge is 2.04. The number of pyridine rings is 1. The zero-order valence-electron chi connectivity index (χ0n) is 7.02. The van der Waals surface area contributed by atoms with E-state index < -0.39 is 0 Å². The normalized spacial score (nSPS) is 10.1. The molecule has 0 fully saturated rings. The van der Waals surface area contributed by atoms with Gasteiger partial charge in [-0.2, -0.15) is 0 Å². The van der Waals surface area contributed by atoms with E-state index in [1.54, 1.807) is 0 Å². The van der Waals surface area contributed by atoms with E-state index in [1.165, 1.54) is 0 Å². The number of quaternary nitrogens is 1. The van der Waals surface area contributed by atoms with Crippen LogP contribution in [0.4, 0.5) is 5.69 Å². The number of hydrogen-bond donors (Lipinski definition) is 2. The third-order valence-electron chi connectivity index (χ3n) is 1.96. The van der Waals surface area contributed by atoms with Gasteiger partial charge in [0.2, 0.25) is 0 Å². The van der Waals surface area contributed by atoms with Crippen molar-refractivity contribution in [3.63, 3.8) is 0 Å². The van der Waals surface area contributed by atoms with Crippen LogP contribution in [0, 0.1) is 13.8 Å². The first-order chi connectivity index (χ1) is 5.16. The minimum atomic E-state index is 0.753. The van der Waals surface area contributed by atoms with Gasteiger partial charge < -0.3 is 11.5 Å². The topological polar surface area (TPSA) is 66.5 Å². The third kappa shape index (κ3) is 1.33. The molecule has 0 spiro atoms. The zero-order valence-corrected chi connectivity index (χ0v) is 7.02. The van der Waals surface area contributed by atoms with Gasteiger partial charge in [-0.3, -0.25) is 4.98 Å². The lowest BCUT2D eigenvalue weighted by Crippen LogP contribution is -2.47. The molecule has 0 bridgehead atoms. The summed E-state index contributed by atoms with van der Waals surface area (Å²) in [5.74, 6) is 0. The van der Waals surface area contributed by atoms with Crippen LogP contribution in [-0.2, 0) is 6.54 Å². The highest BCUT2D eigenvalue weighted by molar-refractivity contribution is 5.52. The molecule has 0 aliphatic carbocycles. The van der Waals surface area contributed by atoms with Crippen molar-refractivity contribution in [2.24, 2.45) is 0 Å². The van der Waals surface area contributed by atoms with Gasteiger partial charge in [0.1, 0.15) is 6.54 Å². The standard InChI is InChI=1S/C8H13N3/c1-5-7(3-9)4-11-6(2)8(5)10/h4H,3,9-10H2,1-2H3/p+1. The molecule has 1 aromatic heterocycles. The predicted octanol–water partition coefficient (Wildman–Crippen LogP) is 0.0225. The Kier molecular flexibility index (Phi) is 2.10. The number of rotatable bonds is 1. The molecule has 0 saturated heterocycles. The molecular weight excluding hydrogens is 138 g/mol. The smallest absolute Gasteiger partial charge is 0.102 e. The van der Waals surface area contributed by atoms with Crippen LogP contribution in [0.5, 0.6) is 0 Å². The molecule has 3 nitrogen and oxygen atoms in total. The van der Waals surface area contributed by atoms with Gasteiger partial charge in [-0.05, 0) is 19.4 Å². The monoisotopic (exact) mass is 152 g/mol. The lowest BCUT2D eigenvalue weighted by atomic mass is 10.1. The molecule has 60 valence electrons. The fourth-order valence-corrected chi connectivity index (χ4v) is 1.04. The van der Waals surface area contributed by atoms with E-state index in [2.05, 4.69) is 10.7 Å². The largest absolute Gasteiger partial charge is 0.397 e. The number of anilines is 1. The number of aromatic nitrogens is 1. The molecule has 0 saturated carbocycles. The van der Waals surface area contributed by atoms with Gasteiger partial charge >= 0.3 is 0 Å². The Morgan fingerprint density at radius 2 is 2.18 bits per heavy atom. The lowest BCUT2D eigenvalue weighted by Gasteiger charge is -2.05. The fraction of sp³-hybridized carbons (Fsp3) is 0.375. The van der Waals surface area contributed by atoms with Gasteiger partial charge in [0.05, 0.1) is 11.4 Å². The molecule has 3 heteroatoms. The summed E-state index contributed by atoms with van der Waals surface area (Å²) in [6.45, 7) is 4.67. The van der Waals surface area contributed by atoms with Crippen LogP contribution < -0.4 is 11.5 Å². The second-order valence-electron chi connectivity index (χ2n) is 2.66. The number of nitrogens with two attached hydrogens (primary N) is 1. The third-order valence-corrected chi connectivity index (χ3v) is 1.96. The summed E-state index contributed by atoms with van der Waals surface area (Å²) < 4.78 is 0. The van der Waals surface area contributed by atoms with E-state index >= 15 is 0 Å². The van der Waals surface area contributed by atoms with Crippen molar-refractivity contribution >= 4 is 5.69 Å². The van der Waals surface area contributed by atoms with Gasteiger partial charge in [-0.1, -0.05) is 0 Å². The average molecular weight is 152 g/mol. The van der Waals surface area contributed by atoms with Crippen molar-refractivity contribution in [1.82, 2.24) is 4.98 Å². The predicted molar refractivity (Wildman–Crippen MR) is 44.7 cm³/mol. The van der Waals surface area contributed by atoms with E-state index in [1.807, 2.05) is 20.0 Å². The van der Waals surface area contributed by atoms with Crippen molar-refractivity contribution in [1.29, 1.82) is 0 Å². The van der Waals surface area contributed by atoms with Crippen molar-refractivity contribution in [2.45, 2.75) is 20.4 Å². The Bertz CT molecular complexity index is 268. The molecule has 1 rings (SSSR count). The van der Waals surface area contributed by atoms with Crippen LogP contribution in [0.1, 0.15) is 16.8 Å². The molecule has 0 unspecified atom stereocenters. The van der Waals surface area contributed by atoms with Crippen LogP contribution in [0.25, 0.3) is 0 Å². The summed E-state index contributed by atoms with van der Waals surface area (Å²) in [4.78, 5) is 4.15. The van der Waals surface area contributed by atoms with Crippen LogP contribution in [0.3, 0.4) is 0 Å². The molecular formula is C8H14N3+. The summed E-state index contributed by atoms with van der Waals surface area (Å²) >= 11 is 0. The first-order valence-corrected chi connectivity index (χ1v) is 3.66. The number of hydrogen-bond acceptors (Lipinski definition) is 2. The van der Waals surface area contributed by atoms with E-state index in [4.69, 9.17) is 5.73 Å². The molecule has 1 heterocycles. The Labute approximate surface area is 66.4 Å². The van der Waals surface area contributed by atoms with Crippen molar-refractivity contribution in [2.75, 3.05) is 5.73 Å². The lowest BCUT2D eigenvalue weighted by molar-refractivity contribution is -0.386. The molecule has 0 atom stereocenters. The quantitative estimate of drug-likeness (QED) is 0.596. The minimum absolute atomic E-state index is 0.753. The molecule has 11 heavy (non-hydrogen) atoms. The van der Waals surface area contributed by atoms with Gasteiger partial charge in [-0.15, -0.1) is 0 Å². The van der Waals surface area contributed by atoms with Crippen molar-refractivity contribution in [3.8, 4) is 0 Å². The summed E-state index contributed by atoms with van der Waals surface area (Å²) in [5.41, 5.74) is 13.5. The van der Waals surface area contributed by atoms with E-state index in [0.717, 1.165) is 29.1 Å². The molecule has 5 N–H and O–H groups in total. The Morgan fingerprint density at radius 3 is 2.73 bits per heavy atom. The Hall–Kier alpha value is -1.09. The molecule has 0 amide bonds. The van der Waals surface area contributed by atoms with E-state index in [0.29, 0.717) is 0 Å². The van der Waals surface area contributed by atoms with Gasteiger partial charge in [0, 0.05) is 11.8 Å². The zero-order chi connectivity index (χ0) is 8.43. The second-order valence-corrected chi connectivity index (χ2v) is 2.66. The van der Waals surface area contributed by atoms with E-state index in [-0.39, 0.29) is 0 Å². The van der Waals surface area contributed by atoms with Gasteiger partial charge in [-0.25, -0.2) is 0 Å². The van der Waals surface area contributed by atoms with Crippen LogP contribution in [-0.4, -0.2) is 4.98 Å². The summed E-state index contributed by atoms with van der Waals surface area (Å²) in [7, 11) is 0. The SMILES string of the molecule is Cc1ncc(C[NH3+])c(C)c1N. The Balaban J connectivity index is 3.25. The fourth-order valence-electron chi connectivity index (χ4n) is 1.04. The maximum Gasteiger partial charge on any atom is 0.102 e. The molecule has 1 aromatic rings.